The Balaban J connectivity index is 1.03. The molecular weight excluding hydrogens is 616 g/mol. The molecular formula is C35H47ClN8O3. The van der Waals surface area contributed by atoms with Gasteiger partial charge in [0.2, 0.25) is 5.91 Å². The normalized spacial score (nSPS) is 23.6. The molecule has 0 saturated carbocycles. The number of hydrogen-bond acceptors (Lipinski definition) is 6. The highest BCUT2D eigenvalue weighted by molar-refractivity contribution is 6.33. The molecule has 2 bridgehead atoms. The van der Waals surface area contributed by atoms with Crippen LogP contribution in [0.3, 0.4) is 0 Å². The summed E-state index contributed by atoms with van der Waals surface area (Å²) in [6.45, 7) is 6.66. The Kier molecular flexibility index (Phi) is 8.97. The molecule has 3 atom stereocenters. The number of benzene rings is 2. The highest BCUT2D eigenvalue weighted by atomic mass is 35.5. The molecule has 7 rings (SSSR count). The molecule has 4 aliphatic heterocycles. The minimum Gasteiger partial charge on any atom is -0.397 e. The first kappa shape index (κ1) is 32.0. The van der Waals surface area contributed by atoms with E-state index in [9.17, 15) is 14.4 Å². The van der Waals surface area contributed by atoms with Crippen molar-refractivity contribution >= 4 is 40.3 Å². The van der Waals surface area contributed by atoms with Crippen molar-refractivity contribution in [3.05, 3.63) is 63.0 Å². The van der Waals surface area contributed by atoms with Gasteiger partial charge in [-0.1, -0.05) is 36.7 Å². The lowest BCUT2D eigenvalue weighted by molar-refractivity contribution is -0.135. The fourth-order valence-electron chi connectivity index (χ4n) is 8.57. The molecule has 11 nitrogen and oxygen atoms in total. The van der Waals surface area contributed by atoms with Crippen LogP contribution in [0.1, 0.15) is 56.2 Å². The average molecular weight is 663 g/mol. The second kappa shape index (κ2) is 13.2. The number of halogens is 1. The fraction of sp³-hybridized carbons (Fsp3) is 0.571. The van der Waals surface area contributed by atoms with Crippen molar-refractivity contribution in [1.82, 2.24) is 34.5 Å². The smallest absolute Gasteiger partial charge is 0.326 e. The summed E-state index contributed by atoms with van der Waals surface area (Å²) in [7, 11) is 2.22. The number of imidazole rings is 1. The van der Waals surface area contributed by atoms with E-state index in [-0.39, 0.29) is 23.7 Å². The van der Waals surface area contributed by atoms with Gasteiger partial charge in [0, 0.05) is 69.9 Å². The number of nitrogens with two attached hydrogens (primary N) is 1. The Morgan fingerprint density at radius 3 is 2.36 bits per heavy atom. The number of piperidine rings is 2. The Labute approximate surface area is 281 Å². The van der Waals surface area contributed by atoms with Gasteiger partial charge >= 0.3 is 11.7 Å². The Morgan fingerprint density at radius 1 is 0.979 bits per heavy atom. The summed E-state index contributed by atoms with van der Waals surface area (Å²) in [6.07, 6.45) is 5.53. The molecule has 1 aromatic heterocycles. The fourth-order valence-corrected chi connectivity index (χ4v) is 8.83. The van der Waals surface area contributed by atoms with Gasteiger partial charge in [-0.15, -0.1) is 0 Å². The number of amides is 3. The van der Waals surface area contributed by atoms with Crippen LogP contribution in [-0.4, -0.2) is 112 Å². The second-order valence-electron chi connectivity index (χ2n) is 14.0. The zero-order valence-electron chi connectivity index (χ0n) is 27.5. The van der Waals surface area contributed by atoms with Crippen LogP contribution < -0.4 is 16.7 Å². The summed E-state index contributed by atoms with van der Waals surface area (Å²) in [6, 6.07) is 12.3. The van der Waals surface area contributed by atoms with Gasteiger partial charge in [0.05, 0.1) is 21.7 Å². The van der Waals surface area contributed by atoms with Crippen molar-refractivity contribution in [3.63, 3.8) is 0 Å². The predicted molar refractivity (Wildman–Crippen MR) is 185 cm³/mol. The second-order valence-corrected chi connectivity index (χ2v) is 14.4. The molecule has 2 unspecified atom stereocenters. The van der Waals surface area contributed by atoms with Gasteiger partial charge in [-0.3, -0.25) is 14.3 Å². The van der Waals surface area contributed by atoms with Crippen LogP contribution in [0.2, 0.25) is 5.02 Å². The van der Waals surface area contributed by atoms with Crippen LogP contribution >= 0.6 is 11.6 Å². The number of aromatic nitrogens is 2. The molecule has 47 heavy (non-hydrogen) atoms. The number of nitrogen functional groups attached to an aromatic ring is 1. The van der Waals surface area contributed by atoms with E-state index in [1.165, 1.54) is 6.42 Å². The molecule has 2 aromatic carbocycles. The maximum absolute atomic E-state index is 14.2. The van der Waals surface area contributed by atoms with Crippen molar-refractivity contribution in [2.24, 2.45) is 0 Å². The Hall–Kier alpha value is -3.54. The number of H-pyrrole nitrogens is 1. The van der Waals surface area contributed by atoms with Crippen molar-refractivity contribution in [2.45, 2.75) is 82.1 Å². The SMILES string of the molecule is CCc1cc(C[C@@H](NC(=O)N2CCC(n3c(=O)[nH]c4ccccc43)CC2)C(=O)N2CCC(N3CC4CC3CN4C)CC2)cc(Cl)c1N. The average Bonchev–Trinajstić information content (AvgIpc) is 3.77. The van der Waals surface area contributed by atoms with Gasteiger partial charge in [-0.05, 0) is 74.9 Å². The summed E-state index contributed by atoms with van der Waals surface area (Å²) in [4.78, 5) is 52.5. The van der Waals surface area contributed by atoms with Gasteiger partial charge in [0.25, 0.3) is 0 Å². The predicted octanol–water partition coefficient (Wildman–Crippen LogP) is 3.46. The number of piperazine rings is 1. The minimum atomic E-state index is -0.728. The topological polar surface area (TPSA) is 123 Å². The maximum Gasteiger partial charge on any atom is 0.326 e. The number of carbonyl (C=O) groups excluding carboxylic acids is 2. The summed E-state index contributed by atoms with van der Waals surface area (Å²) in [5, 5.41) is 3.59. The lowest BCUT2D eigenvalue weighted by Crippen LogP contribution is -2.57. The monoisotopic (exact) mass is 662 g/mol. The molecule has 4 N–H and O–H groups in total. The number of anilines is 1. The van der Waals surface area contributed by atoms with E-state index >= 15 is 0 Å². The first-order valence-electron chi connectivity index (χ1n) is 17.3. The van der Waals surface area contributed by atoms with Crippen LogP contribution in [0.5, 0.6) is 0 Å². The van der Waals surface area contributed by atoms with E-state index in [1.54, 1.807) is 4.90 Å². The zero-order chi connectivity index (χ0) is 32.8. The van der Waals surface area contributed by atoms with E-state index in [1.807, 2.05) is 52.8 Å². The standard InChI is InChI=1S/C35H47ClN8O3/c1-3-23-16-22(17-28(36)32(23)37)18-30(33(45)41-12-8-24(9-13-41)43-21-26-19-27(43)20-40(26)2)39-34(46)42-14-10-25(11-15-42)44-31-7-5-4-6-29(31)38-35(44)47/h4-7,16-17,24-27,30H,3,8-15,18-21,37H2,1-2H3,(H,38,47)(H,39,46)/t26?,27?,30-/m1/s1. The summed E-state index contributed by atoms with van der Waals surface area (Å²) < 4.78 is 1.82. The molecule has 12 heteroatoms. The molecule has 3 aromatic rings. The molecule has 3 amide bonds. The van der Waals surface area contributed by atoms with Crippen LogP contribution in [-0.2, 0) is 17.6 Å². The molecule has 0 aliphatic carbocycles. The van der Waals surface area contributed by atoms with Gasteiger partial charge < -0.3 is 30.7 Å². The number of aromatic amines is 1. The first-order valence-corrected chi connectivity index (χ1v) is 17.6. The number of para-hydroxylation sites is 2. The number of carbonyl (C=O) groups is 2. The highest BCUT2D eigenvalue weighted by Gasteiger charge is 2.45. The number of nitrogens with one attached hydrogen (secondary N) is 2. The van der Waals surface area contributed by atoms with E-state index in [4.69, 9.17) is 17.3 Å². The molecule has 0 radical (unpaired) electrons. The first-order chi connectivity index (χ1) is 22.7. The molecule has 252 valence electrons. The summed E-state index contributed by atoms with van der Waals surface area (Å²) in [5.41, 5.74) is 10.2. The zero-order valence-corrected chi connectivity index (χ0v) is 28.2. The lowest BCUT2D eigenvalue weighted by Gasteiger charge is -2.42. The van der Waals surface area contributed by atoms with Crippen molar-refractivity contribution in [2.75, 3.05) is 52.0 Å². The van der Waals surface area contributed by atoms with Crippen molar-refractivity contribution in [1.29, 1.82) is 0 Å². The van der Waals surface area contributed by atoms with Gasteiger partial charge in [-0.2, -0.15) is 0 Å². The van der Waals surface area contributed by atoms with E-state index in [0.717, 1.165) is 54.5 Å². The molecule has 4 saturated heterocycles. The third-order valence-corrected chi connectivity index (χ3v) is 11.5. The number of urea groups is 1. The molecule has 5 heterocycles. The number of rotatable bonds is 7. The molecule has 4 aliphatic rings. The maximum atomic E-state index is 14.2. The van der Waals surface area contributed by atoms with Crippen molar-refractivity contribution in [3.8, 4) is 0 Å². The number of nitrogens with zero attached hydrogens (tertiary/aromatic N) is 5. The number of aryl methyl sites for hydroxylation is 1. The number of fused-ring (bicyclic) bond motifs is 3. The number of hydrogen-bond donors (Lipinski definition) is 3. The largest absolute Gasteiger partial charge is 0.397 e. The third kappa shape index (κ3) is 6.25. The Bertz CT molecular complexity index is 1690. The molecule has 4 fully saturated rings. The van der Waals surface area contributed by atoms with E-state index in [0.29, 0.717) is 74.3 Å². The van der Waals surface area contributed by atoms with Crippen LogP contribution in [0.4, 0.5) is 10.5 Å². The lowest BCUT2D eigenvalue weighted by atomic mass is 9.98. The summed E-state index contributed by atoms with van der Waals surface area (Å²) >= 11 is 6.50. The number of likely N-dealkylation sites (N-methyl/N-ethyl adjacent to an activating group) is 1. The third-order valence-electron chi connectivity index (χ3n) is 11.2. The molecule has 0 spiro atoms. The number of likely N-dealkylation sites (tertiary alicyclic amines) is 4. The van der Waals surface area contributed by atoms with Gasteiger partial charge in [0.15, 0.2) is 0 Å². The highest BCUT2D eigenvalue weighted by Crippen LogP contribution is 2.34. The van der Waals surface area contributed by atoms with Crippen LogP contribution in [0.15, 0.2) is 41.2 Å². The minimum absolute atomic E-state index is 0.00275. The Morgan fingerprint density at radius 2 is 1.68 bits per heavy atom. The van der Waals surface area contributed by atoms with E-state index < -0.39 is 6.04 Å². The van der Waals surface area contributed by atoms with Gasteiger partial charge in [0.1, 0.15) is 6.04 Å². The van der Waals surface area contributed by atoms with E-state index in [2.05, 4.69) is 27.1 Å². The quantitative estimate of drug-likeness (QED) is 0.333. The summed E-state index contributed by atoms with van der Waals surface area (Å²) in [5.74, 6) is -0.0503. The van der Waals surface area contributed by atoms with Crippen LogP contribution in [0.25, 0.3) is 11.0 Å². The van der Waals surface area contributed by atoms with Gasteiger partial charge in [-0.25, -0.2) is 9.59 Å². The van der Waals surface area contributed by atoms with Crippen LogP contribution in [0, 0.1) is 0 Å². The van der Waals surface area contributed by atoms with Crippen molar-refractivity contribution < 1.29 is 9.59 Å².